The average molecular weight is 311 g/mol. The Morgan fingerprint density at radius 1 is 1.00 bits per heavy atom. The Bertz CT molecular complexity index is 651. The molecule has 0 fully saturated rings. The summed E-state index contributed by atoms with van der Waals surface area (Å²) < 4.78 is 24.2. The van der Waals surface area contributed by atoms with Gasteiger partial charge in [-0.2, -0.15) is 0 Å². The molecule has 0 heterocycles. The number of hydrogen-bond acceptors (Lipinski definition) is 3. The highest BCUT2D eigenvalue weighted by Crippen LogP contribution is 2.18. The van der Waals surface area contributed by atoms with Crippen molar-refractivity contribution in [2.24, 2.45) is 0 Å². The fourth-order valence-corrected chi connectivity index (χ4v) is 3.52. The van der Waals surface area contributed by atoms with Gasteiger partial charge in [0.15, 0.2) is 9.84 Å². The number of aliphatic hydroxyl groups excluding tert-OH is 1. The zero-order valence-electron chi connectivity index (χ0n) is 10.7. The SMILES string of the molecule is O=S(=O)(Cc1ccc(Cl)cc1)CC(O)c1ccccc1. The summed E-state index contributed by atoms with van der Waals surface area (Å²) in [7, 11) is -3.39. The molecule has 20 heavy (non-hydrogen) atoms. The molecule has 0 saturated carbocycles. The Morgan fingerprint density at radius 3 is 2.20 bits per heavy atom. The second-order valence-corrected chi connectivity index (χ2v) is 7.15. The van der Waals surface area contributed by atoms with Crippen LogP contribution in [0.25, 0.3) is 0 Å². The maximum Gasteiger partial charge on any atom is 0.157 e. The van der Waals surface area contributed by atoms with Crippen molar-refractivity contribution in [3.05, 3.63) is 70.7 Å². The van der Waals surface area contributed by atoms with Gasteiger partial charge in [0.1, 0.15) is 0 Å². The van der Waals surface area contributed by atoms with E-state index in [1.165, 1.54) is 0 Å². The van der Waals surface area contributed by atoms with Gasteiger partial charge >= 0.3 is 0 Å². The Kier molecular flexibility index (Phi) is 4.81. The maximum absolute atomic E-state index is 12.1. The topological polar surface area (TPSA) is 54.4 Å². The van der Waals surface area contributed by atoms with Gasteiger partial charge in [0.2, 0.25) is 0 Å². The zero-order chi connectivity index (χ0) is 14.6. The highest BCUT2D eigenvalue weighted by molar-refractivity contribution is 7.90. The van der Waals surface area contributed by atoms with Crippen molar-refractivity contribution in [3.63, 3.8) is 0 Å². The van der Waals surface area contributed by atoms with E-state index >= 15 is 0 Å². The summed E-state index contributed by atoms with van der Waals surface area (Å²) in [6.07, 6.45) is -1.01. The molecule has 3 nitrogen and oxygen atoms in total. The van der Waals surface area contributed by atoms with Gasteiger partial charge in [-0.15, -0.1) is 0 Å². The Labute approximate surface area is 123 Å². The molecule has 0 radical (unpaired) electrons. The van der Waals surface area contributed by atoms with E-state index in [4.69, 9.17) is 11.6 Å². The predicted molar refractivity (Wildman–Crippen MR) is 80.3 cm³/mol. The number of benzene rings is 2. The second kappa shape index (κ2) is 6.39. The van der Waals surface area contributed by atoms with Gasteiger partial charge in [0.25, 0.3) is 0 Å². The van der Waals surface area contributed by atoms with Crippen molar-refractivity contribution >= 4 is 21.4 Å². The third-order valence-electron chi connectivity index (χ3n) is 2.90. The number of hydrogen-bond donors (Lipinski definition) is 1. The van der Waals surface area contributed by atoms with Crippen LogP contribution in [-0.4, -0.2) is 19.3 Å². The number of sulfone groups is 1. The van der Waals surface area contributed by atoms with Crippen LogP contribution in [0.5, 0.6) is 0 Å². The van der Waals surface area contributed by atoms with Gasteiger partial charge in [-0.05, 0) is 23.3 Å². The van der Waals surface area contributed by atoms with E-state index in [0.717, 1.165) is 0 Å². The molecular weight excluding hydrogens is 296 g/mol. The molecule has 1 atom stereocenters. The predicted octanol–water partition coefficient (Wildman–Crippen LogP) is 2.99. The van der Waals surface area contributed by atoms with Crippen LogP contribution in [0.15, 0.2) is 54.6 Å². The van der Waals surface area contributed by atoms with E-state index in [1.54, 1.807) is 48.5 Å². The molecule has 0 aliphatic rings. The molecule has 0 bridgehead atoms. The fourth-order valence-electron chi connectivity index (χ4n) is 1.91. The van der Waals surface area contributed by atoms with E-state index in [2.05, 4.69) is 0 Å². The molecule has 0 spiro atoms. The van der Waals surface area contributed by atoms with Crippen LogP contribution in [-0.2, 0) is 15.6 Å². The van der Waals surface area contributed by atoms with Crippen molar-refractivity contribution in [2.75, 3.05) is 5.75 Å². The minimum absolute atomic E-state index is 0.103. The summed E-state index contributed by atoms with van der Waals surface area (Å²) in [6, 6.07) is 15.4. The van der Waals surface area contributed by atoms with Crippen molar-refractivity contribution in [1.82, 2.24) is 0 Å². The molecule has 1 unspecified atom stereocenters. The quantitative estimate of drug-likeness (QED) is 0.923. The first-order chi connectivity index (χ1) is 9.46. The first-order valence-corrected chi connectivity index (χ1v) is 8.34. The molecule has 2 aromatic rings. The standard InChI is InChI=1S/C15H15ClO3S/c16-14-8-6-12(7-9-14)10-20(18,19)11-15(17)13-4-2-1-3-5-13/h1-9,15,17H,10-11H2. The lowest BCUT2D eigenvalue weighted by Gasteiger charge is -2.11. The average Bonchev–Trinajstić information content (AvgIpc) is 2.41. The number of aliphatic hydroxyl groups is 1. The molecule has 2 rings (SSSR count). The summed E-state index contributed by atoms with van der Waals surface area (Å²) in [4.78, 5) is 0. The van der Waals surface area contributed by atoms with E-state index in [9.17, 15) is 13.5 Å². The molecular formula is C15H15ClO3S. The molecule has 106 valence electrons. The Hall–Kier alpha value is -1.36. The molecule has 0 saturated heterocycles. The Balaban J connectivity index is 2.06. The molecule has 0 aromatic heterocycles. The van der Waals surface area contributed by atoms with Crippen LogP contribution < -0.4 is 0 Å². The molecule has 0 amide bonds. The third-order valence-corrected chi connectivity index (χ3v) is 4.74. The number of rotatable bonds is 5. The van der Waals surface area contributed by atoms with Crippen LogP contribution in [0, 0.1) is 0 Å². The van der Waals surface area contributed by atoms with E-state index in [1.807, 2.05) is 6.07 Å². The smallest absolute Gasteiger partial charge is 0.157 e. The number of halogens is 1. The third kappa shape index (κ3) is 4.34. The van der Waals surface area contributed by atoms with Crippen LogP contribution in [0.3, 0.4) is 0 Å². The van der Waals surface area contributed by atoms with Gasteiger partial charge in [-0.3, -0.25) is 0 Å². The van der Waals surface area contributed by atoms with Gasteiger partial charge < -0.3 is 5.11 Å². The normalized spacial score (nSPS) is 13.1. The van der Waals surface area contributed by atoms with Crippen LogP contribution in [0.1, 0.15) is 17.2 Å². The lowest BCUT2D eigenvalue weighted by Crippen LogP contribution is -2.16. The molecule has 2 aromatic carbocycles. The second-order valence-electron chi connectivity index (χ2n) is 4.61. The maximum atomic E-state index is 12.1. The zero-order valence-corrected chi connectivity index (χ0v) is 12.3. The van der Waals surface area contributed by atoms with Crippen LogP contribution in [0.2, 0.25) is 5.02 Å². The minimum Gasteiger partial charge on any atom is -0.387 e. The lowest BCUT2D eigenvalue weighted by molar-refractivity contribution is 0.201. The first kappa shape index (κ1) is 15.0. The van der Waals surface area contributed by atoms with Gasteiger partial charge in [0.05, 0.1) is 17.6 Å². The largest absolute Gasteiger partial charge is 0.387 e. The highest BCUT2D eigenvalue weighted by atomic mass is 35.5. The Morgan fingerprint density at radius 2 is 1.60 bits per heavy atom. The van der Waals surface area contributed by atoms with Crippen LogP contribution in [0.4, 0.5) is 0 Å². The van der Waals surface area contributed by atoms with E-state index in [-0.39, 0.29) is 11.5 Å². The van der Waals surface area contributed by atoms with Crippen molar-refractivity contribution in [2.45, 2.75) is 11.9 Å². The van der Waals surface area contributed by atoms with E-state index in [0.29, 0.717) is 16.1 Å². The lowest BCUT2D eigenvalue weighted by atomic mass is 10.1. The van der Waals surface area contributed by atoms with Gasteiger partial charge in [-0.1, -0.05) is 54.1 Å². The summed E-state index contributed by atoms with van der Waals surface area (Å²) in [5, 5.41) is 10.5. The summed E-state index contributed by atoms with van der Waals surface area (Å²) in [5.74, 6) is -0.395. The van der Waals surface area contributed by atoms with Crippen LogP contribution >= 0.6 is 11.6 Å². The summed E-state index contributed by atoms with van der Waals surface area (Å²) >= 11 is 5.76. The highest BCUT2D eigenvalue weighted by Gasteiger charge is 2.19. The van der Waals surface area contributed by atoms with E-state index < -0.39 is 15.9 Å². The molecule has 0 aliphatic heterocycles. The van der Waals surface area contributed by atoms with Crippen molar-refractivity contribution < 1.29 is 13.5 Å². The summed E-state index contributed by atoms with van der Waals surface area (Å²) in [5.41, 5.74) is 1.27. The van der Waals surface area contributed by atoms with Crippen molar-refractivity contribution in [1.29, 1.82) is 0 Å². The van der Waals surface area contributed by atoms with Gasteiger partial charge in [-0.25, -0.2) is 8.42 Å². The summed E-state index contributed by atoms with van der Waals surface area (Å²) in [6.45, 7) is 0. The van der Waals surface area contributed by atoms with Crippen molar-refractivity contribution in [3.8, 4) is 0 Å². The molecule has 0 aliphatic carbocycles. The monoisotopic (exact) mass is 310 g/mol. The molecule has 1 N–H and O–H groups in total. The van der Waals surface area contributed by atoms with Gasteiger partial charge in [0, 0.05) is 5.02 Å². The molecule has 5 heteroatoms. The first-order valence-electron chi connectivity index (χ1n) is 6.14. The minimum atomic E-state index is -3.39. The fraction of sp³-hybridized carbons (Fsp3) is 0.200.